The van der Waals surface area contributed by atoms with Crippen molar-refractivity contribution in [3.05, 3.63) is 47.2 Å². The number of benzene rings is 1. The number of halogens is 3. The van der Waals surface area contributed by atoms with Gasteiger partial charge >= 0.3 is 6.18 Å². The minimum absolute atomic E-state index is 0.167. The first-order valence-electron chi connectivity index (χ1n) is 12.5. The molecule has 1 aromatic heterocycles. The molecule has 182 valence electrons. The maximum Gasteiger partial charge on any atom is 0.410 e. The minimum Gasteiger partial charge on any atom is -0.363 e. The van der Waals surface area contributed by atoms with E-state index in [4.69, 9.17) is 0 Å². The zero-order valence-electron chi connectivity index (χ0n) is 19.4. The fraction of sp³-hybridized carbons (Fsp3) is 0.615. The molecule has 0 unspecified atom stereocenters. The van der Waals surface area contributed by atoms with E-state index in [1.807, 2.05) is 31.2 Å². The van der Waals surface area contributed by atoms with Crippen LogP contribution >= 0.6 is 0 Å². The lowest BCUT2D eigenvalue weighted by Gasteiger charge is -2.56. The minimum atomic E-state index is -4.46. The molecule has 2 aromatic rings. The van der Waals surface area contributed by atoms with Crippen LogP contribution in [-0.4, -0.2) is 27.4 Å². The number of anilines is 1. The highest BCUT2D eigenvalue weighted by Crippen LogP contribution is 2.55. The highest BCUT2D eigenvalue weighted by atomic mass is 19.4. The number of carbonyl (C=O) groups is 1. The van der Waals surface area contributed by atoms with Gasteiger partial charge in [-0.15, -0.1) is 0 Å². The zero-order chi connectivity index (χ0) is 23.7. The Kier molecular flexibility index (Phi) is 5.01. The summed E-state index contributed by atoms with van der Waals surface area (Å²) in [6.07, 6.45) is 4.27. The Labute approximate surface area is 197 Å². The summed E-state index contributed by atoms with van der Waals surface area (Å²) in [5.74, 6) is 1.85. The second-order valence-corrected chi connectivity index (χ2v) is 11.1. The predicted octanol–water partition coefficient (Wildman–Crippen LogP) is 5.80. The standard InChI is InChI=1S/C26H31F3N4O/c1-2-15-3-5-19(6-4-15)21-10-22(26(27,28)29)33-23(31-21)20(14-30-33)24(34)32-25-11-16-7-17(12-25)9-18(8-16)13-25/h3-6,14,16-18,21-22,31H,2,7-13H2,1H3,(H,32,34)/t16?,17?,18?,21-,22+,25?/m0/s1. The largest absolute Gasteiger partial charge is 0.410 e. The van der Waals surface area contributed by atoms with Crippen molar-refractivity contribution in [2.75, 3.05) is 5.32 Å². The van der Waals surface area contributed by atoms with E-state index in [-0.39, 0.29) is 29.2 Å². The van der Waals surface area contributed by atoms with Crippen LogP contribution in [0.5, 0.6) is 0 Å². The van der Waals surface area contributed by atoms with Crippen molar-refractivity contribution in [1.29, 1.82) is 0 Å². The molecule has 2 heterocycles. The van der Waals surface area contributed by atoms with Gasteiger partial charge in [0.2, 0.25) is 0 Å². The molecule has 4 fully saturated rings. The molecule has 4 aliphatic carbocycles. The topological polar surface area (TPSA) is 59.0 Å². The Hall–Kier alpha value is -2.51. The maximum atomic E-state index is 14.0. The van der Waals surface area contributed by atoms with Gasteiger partial charge in [-0.05, 0) is 73.8 Å². The molecule has 1 amide bonds. The van der Waals surface area contributed by atoms with E-state index in [0.29, 0.717) is 17.8 Å². The number of nitrogens with zero attached hydrogens (tertiary/aromatic N) is 2. The van der Waals surface area contributed by atoms with Gasteiger partial charge in [-0.25, -0.2) is 4.68 Å². The molecule has 8 heteroatoms. The number of aromatic nitrogens is 2. The summed E-state index contributed by atoms with van der Waals surface area (Å²) in [5, 5.41) is 10.6. The molecule has 5 aliphatic rings. The van der Waals surface area contributed by atoms with Crippen molar-refractivity contribution in [3.63, 3.8) is 0 Å². The average Bonchev–Trinajstić information content (AvgIpc) is 3.20. The summed E-state index contributed by atoms with van der Waals surface area (Å²) >= 11 is 0. The molecule has 0 saturated heterocycles. The molecule has 1 aromatic carbocycles. The summed E-state index contributed by atoms with van der Waals surface area (Å²) in [6, 6.07) is 5.34. The fourth-order valence-electron chi connectivity index (χ4n) is 7.50. The Morgan fingerprint density at radius 2 is 1.71 bits per heavy atom. The number of amides is 1. The molecular weight excluding hydrogens is 441 g/mol. The smallest absolute Gasteiger partial charge is 0.363 e. The molecule has 1 aliphatic heterocycles. The third-order valence-electron chi connectivity index (χ3n) is 8.69. The number of hydrogen-bond donors (Lipinski definition) is 2. The van der Waals surface area contributed by atoms with Crippen LogP contribution in [-0.2, 0) is 6.42 Å². The molecule has 5 nitrogen and oxygen atoms in total. The lowest BCUT2D eigenvalue weighted by atomic mass is 9.53. The number of fused-ring (bicyclic) bond motifs is 1. The van der Waals surface area contributed by atoms with Crippen LogP contribution in [0.4, 0.5) is 19.0 Å². The number of alkyl halides is 3. The van der Waals surface area contributed by atoms with E-state index >= 15 is 0 Å². The molecule has 0 spiro atoms. The van der Waals surface area contributed by atoms with Gasteiger partial charge in [0.25, 0.3) is 5.91 Å². The van der Waals surface area contributed by atoms with Gasteiger partial charge in [0.15, 0.2) is 6.04 Å². The monoisotopic (exact) mass is 472 g/mol. The third-order valence-corrected chi connectivity index (χ3v) is 8.69. The zero-order valence-corrected chi connectivity index (χ0v) is 19.4. The number of carbonyl (C=O) groups excluding carboxylic acids is 1. The summed E-state index contributed by atoms with van der Waals surface area (Å²) in [5.41, 5.74) is 1.91. The van der Waals surface area contributed by atoms with E-state index in [0.717, 1.165) is 41.5 Å². The van der Waals surface area contributed by atoms with Crippen LogP contribution in [0.25, 0.3) is 0 Å². The summed E-state index contributed by atoms with van der Waals surface area (Å²) in [4.78, 5) is 13.5. The van der Waals surface area contributed by atoms with Gasteiger partial charge in [0.1, 0.15) is 11.4 Å². The molecule has 2 atom stereocenters. The summed E-state index contributed by atoms with van der Waals surface area (Å²) in [7, 11) is 0. The SMILES string of the molecule is CCc1ccc([C@@H]2C[C@H](C(F)(F)F)n3ncc(C(=O)NC45CC6CC(CC(C6)C4)C5)c3N2)cc1. The van der Waals surface area contributed by atoms with E-state index in [1.165, 1.54) is 25.5 Å². The van der Waals surface area contributed by atoms with Crippen molar-refractivity contribution < 1.29 is 18.0 Å². The normalized spacial score (nSPS) is 33.9. The van der Waals surface area contributed by atoms with Crippen LogP contribution in [0.1, 0.15) is 85.4 Å². The Morgan fingerprint density at radius 3 is 2.26 bits per heavy atom. The second-order valence-electron chi connectivity index (χ2n) is 11.1. The first kappa shape index (κ1) is 22.0. The first-order chi connectivity index (χ1) is 16.2. The fourth-order valence-corrected chi connectivity index (χ4v) is 7.50. The predicted molar refractivity (Wildman–Crippen MR) is 122 cm³/mol. The number of nitrogens with one attached hydrogen (secondary N) is 2. The van der Waals surface area contributed by atoms with Crippen molar-refractivity contribution in [1.82, 2.24) is 15.1 Å². The second kappa shape index (κ2) is 7.75. The molecule has 0 radical (unpaired) electrons. The average molecular weight is 473 g/mol. The maximum absolute atomic E-state index is 14.0. The lowest BCUT2D eigenvalue weighted by Crippen LogP contribution is -2.59. The van der Waals surface area contributed by atoms with E-state index in [9.17, 15) is 18.0 Å². The molecule has 7 rings (SSSR count). The van der Waals surface area contributed by atoms with Crippen molar-refractivity contribution >= 4 is 11.7 Å². The van der Waals surface area contributed by atoms with Crippen LogP contribution < -0.4 is 10.6 Å². The van der Waals surface area contributed by atoms with Crippen molar-refractivity contribution in [2.45, 2.75) is 82.1 Å². The number of rotatable bonds is 4. The van der Waals surface area contributed by atoms with E-state index in [1.54, 1.807) is 0 Å². The Morgan fingerprint density at radius 1 is 1.09 bits per heavy atom. The quantitative estimate of drug-likeness (QED) is 0.591. The molecule has 34 heavy (non-hydrogen) atoms. The number of hydrogen-bond acceptors (Lipinski definition) is 3. The summed E-state index contributed by atoms with van der Waals surface area (Å²) < 4.78 is 43.1. The Bertz CT molecular complexity index is 1060. The van der Waals surface area contributed by atoms with Gasteiger partial charge in [-0.3, -0.25) is 4.79 Å². The highest BCUT2D eigenvalue weighted by molar-refractivity contribution is 5.99. The van der Waals surface area contributed by atoms with Gasteiger partial charge in [0, 0.05) is 12.0 Å². The van der Waals surface area contributed by atoms with Gasteiger partial charge < -0.3 is 10.6 Å². The van der Waals surface area contributed by atoms with Gasteiger partial charge in [-0.2, -0.15) is 18.3 Å². The lowest BCUT2D eigenvalue weighted by molar-refractivity contribution is -0.173. The van der Waals surface area contributed by atoms with Crippen molar-refractivity contribution in [2.24, 2.45) is 17.8 Å². The molecule has 2 N–H and O–H groups in total. The molecule has 4 bridgehead atoms. The molecule has 4 saturated carbocycles. The first-order valence-corrected chi connectivity index (χ1v) is 12.5. The van der Waals surface area contributed by atoms with Crippen molar-refractivity contribution in [3.8, 4) is 0 Å². The van der Waals surface area contributed by atoms with E-state index < -0.39 is 18.3 Å². The van der Waals surface area contributed by atoms with Crippen LogP contribution in [0, 0.1) is 17.8 Å². The Balaban J connectivity index is 1.30. The summed E-state index contributed by atoms with van der Waals surface area (Å²) in [6.45, 7) is 2.04. The van der Waals surface area contributed by atoms with Crippen LogP contribution in [0.2, 0.25) is 0 Å². The third kappa shape index (κ3) is 3.69. The number of aryl methyl sites for hydroxylation is 1. The van der Waals surface area contributed by atoms with Crippen LogP contribution in [0.3, 0.4) is 0 Å². The van der Waals surface area contributed by atoms with Crippen LogP contribution in [0.15, 0.2) is 30.5 Å². The molecular formula is C26H31F3N4O. The highest BCUT2D eigenvalue weighted by Gasteiger charge is 2.52. The van der Waals surface area contributed by atoms with E-state index in [2.05, 4.69) is 15.7 Å². The van der Waals surface area contributed by atoms with Gasteiger partial charge in [-0.1, -0.05) is 31.2 Å². The van der Waals surface area contributed by atoms with Gasteiger partial charge in [0.05, 0.1) is 12.2 Å².